The molecule has 5 heteroatoms. The van der Waals surface area contributed by atoms with Gasteiger partial charge in [-0.15, -0.1) is 0 Å². The van der Waals surface area contributed by atoms with Crippen LogP contribution in [0.5, 0.6) is 0 Å². The maximum absolute atomic E-state index is 12.3. The Morgan fingerprint density at radius 3 is 2.71 bits per heavy atom. The number of halogens is 1. The minimum absolute atomic E-state index is 0.115. The summed E-state index contributed by atoms with van der Waals surface area (Å²) in [4.78, 5) is 25.3. The fourth-order valence-corrected chi connectivity index (χ4v) is 2.71. The Hall–Kier alpha value is -1.81. The zero-order chi connectivity index (χ0) is 15.4. The number of nitrogens with two attached hydrogens (primary N) is 1. The molecule has 0 spiro atoms. The molecule has 1 heterocycles. The van der Waals surface area contributed by atoms with E-state index in [1.165, 1.54) is 6.08 Å². The molecule has 2 N–H and O–H groups in total. The fraction of sp³-hybridized carbons (Fsp3) is 0.375. The topological polar surface area (TPSA) is 63.4 Å². The minimum atomic E-state index is -0.338. The lowest BCUT2D eigenvalue weighted by atomic mass is 9.93. The molecular weight excluding hydrogens is 288 g/mol. The third-order valence-corrected chi connectivity index (χ3v) is 4.22. The average molecular weight is 307 g/mol. The summed E-state index contributed by atoms with van der Waals surface area (Å²) in [6.07, 6.45) is 4.74. The van der Waals surface area contributed by atoms with Gasteiger partial charge in [-0.1, -0.05) is 29.8 Å². The van der Waals surface area contributed by atoms with Crippen molar-refractivity contribution in [3.8, 4) is 0 Å². The van der Waals surface area contributed by atoms with Crippen molar-refractivity contribution in [2.75, 3.05) is 6.54 Å². The van der Waals surface area contributed by atoms with Crippen LogP contribution in [0.2, 0.25) is 5.02 Å². The summed E-state index contributed by atoms with van der Waals surface area (Å²) in [6, 6.07) is 7.44. The van der Waals surface area contributed by atoms with Crippen LogP contribution < -0.4 is 5.73 Å². The van der Waals surface area contributed by atoms with E-state index in [9.17, 15) is 9.59 Å². The fourth-order valence-electron chi connectivity index (χ4n) is 2.51. The second-order valence-corrected chi connectivity index (χ2v) is 5.78. The van der Waals surface area contributed by atoms with Crippen LogP contribution in [0.1, 0.15) is 25.3 Å². The van der Waals surface area contributed by atoms with E-state index in [0.717, 1.165) is 18.4 Å². The molecule has 2 rings (SSSR count). The summed E-state index contributed by atoms with van der Waals surface area (Å²) in [6.45, 7) is 2.38. The maximum atomic E-state index is 12.3. The minimum Gasteiger partial charge on any atom is -0.369 e. The number of primary amides is 1. The van der Waals surface area contributed by atoms with Gasteiger partial charge < -0.3 is 10.6 Å². The first kappa shape index (κ1) is 15.6. The van der Waals surface area contributed by atoms with Gasteiger partial charge in [-0.3, -0.25) is 9.59 Å². The number of hydrogen-bond acceptors (Lipinski definition) is 2. The molecule has 0 saturated carbocycles. The van der Waals surface area contributed by atoms with Gasteiger partial charge in [0, 0.05) is 23.7 Å². The van der Waals surface area contributed by atoms with Crippen LogP contribution >= 0.6 is 11.6 Å². The van der Waals surface area contributed by atoms with E-state index in [1.807, 2.05) is 25.1 Å². The third kappa shape index (κ3) is 3.85. The SMILES string of the molecule is CC1CCC(C(N)=O)CN1C(=O)/C=C/c1ccccc1Cl. The molecule has 0 aromatic heterocycles. The van der Waals surface area contributed by atoms with Gasteiger partial charge in [0.05, 0.1) is 5.92 Å². The lowest BCUT2D eigenvalue weighted by Gasteiger charge is -2.36. The highest BCUT2D eigenvalue weighted by Crippen LogP contribution is 2.22. The molecule has 0 bridgehead atoms. The van der Waals surface area contributed by atoms with Crippen molar-refractivity contribution < 1.29 is 9.59 Å². The van der Waals surface area contributed by atoms with E-state index >= 15 is 0 Å². The normalized spacial score (nSPS) is 22.5. The van der Waals surface area contributed by atoms with Crippen molar-refractivity contribution in [3.63, 3.8) is 0 Å². The Morgan fingerprint density at radius 2 is 2.05 bits per heavy atom. The predicted octanol–water partition coefficient (Wildman–Crippen LogP) is 2.47. The van der Waals surface area contributed by atoms with Gasteiger partial charge in [-0.2, -0.15) is 0 Å². The molecule has 1 aromatic rings. The van der Waals surface area contributed by atoms with Crippen LogP contribution in [-0.2, 0) is 9.59 Å². The number of hydrogen-bond donors (Lipinski definition) is 1. The predicted molar refractivity (Wildman–Crippen MR) is 83.6 cm³/mol. The van der Waals surface area contributed by atoms with Gasteiger partial charge in [0.25, 0.3) is 0 Å². The number of piperidine rings is 1. The van der Waals surface area contributed by atoms with Crippen molar-refractivity contribution in [3.05, 3.63) is 40.9 Å². The van der Waals surface area contributed by atoms with Gasteiger partial charge in [0.15, 0.2) is 0 Å². The lowest BCUT2D eigenvalue weighted by Crippen LogP contribution is -2.48. The van der Waals surface area contributed by atoms with E-state index in [4.69, 9.17) is 17.3 Å². The number of nitrogens with zero attached hydrogens (tertiary/aromatic N) is 1. The van der Waals surface area contributed by atoms with Crippen LogP contribution in [0.4, 0.5) is 0 Å². The molecule has 0 aliphatic carbocycles. The number of rotatable bonds is 3. The van der Waals surface area contributed by atoms with Gasteiger partial charge in [0.1, 0.15) is 0 Å². The first-order chi connectivity index (χ1) is 9.99. The third-order valence-electron chi connectivity index (χ3n) is 3.88. The van der Waals surface area contributed by atoms with Gasteiger partial charge in [-0.05, 0) is 37.5 Å². The highest BCUT2D eigenvalue weighted by molar-refractivity contribution is 6.32. The largest absolute Gasteiger partial charge is 0.369 e. The Kier molecular flexibility index (Phi) is 5.02. The number of benzene rings is 1. The summed E-state index contributed by atoms with van der Waals surface area (Å²) < 4.78 is 0. The van der Waals surface area contributed by atoms with E-state index in [-0.39, 0.29) is 23.8 Å². The molecule has 1 aliphatic rings. The molecule has 4 nitrogen and oxygen atoms in total. The molecule has 1 fully saturated rings. The van der Waals surface area contributed by atoms with Gasteiger partial charge >= 0.3 is 0 Å². The van der Waals surface area contributed by atoms with Crippen molar-refractivity contribution in [1.29, 1.82) is 0 Å². The smallest absolute Gasteiger partial charge is 0.246 e. The van der Waals surface area contributed by atoms with Crippen molar-refractivity contribution in [2.45, 2.75) is 25.8 Å². The molecule has 2 unspecified atom stereocenters. The summed E-state index contributed by atoms with van der Waals surface area (Å²) in [5.74, 6) is -0.706. The zero-order valence-electron chi connectivity index (χ0n) is 12.0. The Bertz CT molecular complexity index is 571. The van der Waals surface area contributed by atoms with Gasteiger partial charge in [0.2, 0.25) is 11.8 Å². The van der Waals surface area contributed by atoms with E-state index in [0.29, 0.717) is 11.6 Å². The lowest BCUT2D eigenvalue weighted by molar-refractivity contribution is -0.133. The highest BCUT2D eigenvalue weighted by Gasteiger charge is 2.30. The summed E-state index contributed by atoms with van der Waals surface area (Å²) in [5, 5.41) is 0.600. The summed E-state index contributed by atoms with van der Waals surface area (Å²) in [5.41, 5.74) is 6.14. The molecule has 2 atom stereocenters. The van der Waals surface area contributed by atoms with Crippen LogP contribution in [0, 0.1) is 5.92 Å². The van der Waals surface area contributed by atoms with Crippen LogP contribution in [-0.4, -0.2) is 29.3 Å². The number of likely N-dealkylation sites (tertiary alicyclic amines) is 1. The maximum Gasteiger partial charge on any atom is 0.246 e. The molecule has 21 heavy (non-hydrogen) atoms. The van der Waals surface area contributed by atoms with Crippen LogP contribution in [0.25, 0.3) is 6.08 Å². The van der Waals surface area contributed by atoms with Crippen molar-refractivity contribution in [1.82, 2.24) is 4.90 Å². The molecule has 2 amide bonds. The molecule has 0 radical (unpaired) electrons. The summed E-state index contributed by atoms with van der Waals surface area (Å²) >= 11 is 6.05. The Balaban J connectivity index is 2.08. The van der Waals surface area contributed by atoms with E-state index < -0.39 is 0 Å². The molecule has 1 saturated heterocycles. The Morgan fingerprint density at radius 1 is 1.33 bits per heavy atom. The second-order valence-electron chi connectivity index (χ2n) is 5.37. The van der Waals surface area contributed by atoms with Crippen LogP contribution in [0.3, 0.4) is 0 Å². The van der Waals surface area contributed by atoms with Gasteiger partial charge in [-0.25, -0.2) is 0 Å². The monoisotopic (exact) mass is 306 g/mol. The first-order valence-corrected chi connectivity index (χ1v) is 7.39. The number of carbonyl (C=O) groups excluding carboxylic acids is 2. The number of amides is 2. The first-order valence-electron chi connectivity index (χ1n) is 7.01. The Labute approximate surface area is 129 Å². The highest BCUT2D eigenvalue weighted by atomic mass is 35.5. The van der Waals surface area contributed by atoms with E-state index in [2.05, 4.69) is 0 Å². The van der Waals surface area contributed by atoms with E-state index in [1.54, 1.807) is 17.0 Å². The molecular formula is C16H19ClN2O2. The second kappa shape index (κ2) is 6.76. The summed E-state index contributed by atoms with van der Waals surface area (Å²) in [7, 11) is 0. The molecule has 1 aromatic carbocycles. The quantitative estimate of drug-likeness (QED) is 0.872. The zero-order valence-corrected chi connectivity index (χ0v) is 12.7. The molecule has 1 aliphatic heterocycles. The van der Waals surface area contributed by atoms with Crippen LogP contribution in [0.15, 0.2) is 30.3 Å². The van der Waals surface area contributed by atoms with Crippen molar-refractivity contribution >= 4 is 29.5 Å². The van der Waals surface area contributed by atoms with Crippen molar-refractivity contribution in [2.24, 2.45) is 11.7 Å². The average Bonchev–Trinajstić information content (AvgIpc) is 2.46. The standard InChI is InChI=1S/C16H19ClN2O2/c1-11-6-7-13(16(18)21)10-19(11)15(20)9-8-12-4-2-3-5-14(12)17/h2-5,8-9,11,13H,6-7,10H2,1H3,(H2,18,21)/b9-8+. The number of carbonyl (C=O) groups is 2. The molecule has 112 valence electrons.